The lowest BCUT2D eigenvalue weighted by molar-refractivity contribution is -0.0513. The molecule has 0 saturated heterocycles. The zero-order chi connectivity index (χ0) is 8.97. The predicted octanol–water partition coefficient (Wildman–Crippen LogP) is 1.96. The molecule has 1 fully saturated rings. The highest BCUT2D eigenvalue weighted by atomic mass is 16.5. The number of rotatable bonds is 3. The fourth-order valence-corrected chi connectivity index (χ4v) is 2.12. The maximum Gasteiger partial charge on any atom is 0.0832 e. The van der Waals surface area contributed by atoms with Crippen molar-refractivity contribution in [1.82, 2.24) is 0 Å². The minimum absolute atomic E-state index is 0.0929. The molecule has 0 aromatic carbocycles. The van der Waals surface area contributed by atoms with E-state index in [-0.39, 0.29) is 12.2 Å². The molecule has 2 heteroatoms. The van der Waals surface area contributed by atoms with Crippen molar-refractivity contribution in [2.75, 3.05) is 7.11 Å². The average molecular weight is 172 g/mol. The quantitative estimate of drug-likeness (QED) is 0.705. The number of aliphatic hydroxyl groups excluding tert-OH is 1. The third-order valence-electron chi connectivity index (χ3n) is 2.87. The Morgan fingerprint density at radius 1 is 1.42 bits per heavy atom. The van der Waals surface area contributed by atoms with Gasteiger partial charge in [0.25, 0.3) is 0 Å². The van der Waals surface area contributed by atoms with Crippen LogP contribution in [-0.2, 0) is 4.74 Å². The molecule has 0 unspecified atom stereocenters. The van der Waals surface area contributed by atoms with Gasteiger partial charge in [-0.05, 0) is 25.2 Å². The third-order valence-corrected chi connectivity index (χ3v) is 2.87. The highest BCUT2D eigenvalue weighted by molar-refractivity contribution is 4.79. The largest absolute Gasteiger partial charge is 0.390 e. The van der Waals surface area contributed by atoms with Gasteiger partial charge in [0.15, 0.2) is 0 Å². The first kappa shape index (κ1) is 10.0. The Morgan fingerprint density at radius 3 is 2.75 bits per heavy atom. The van der Waals surface area contributed by atoms with Gasteiger partial charge in [-0.3, -0.25) is 0 Å². The molecule has 1 rings (SSSR count). The third kappa shape index (κ3) is 2.46. The van der Waals surface area contributed by atoms with Crippen LogP contribution >= 0.6 is 0 Å². The topological polar surface area (TPSA) is 29.5 Å². The van der Waals surface area contributed by atoms with Crippen LogP contribution < -0.4 is 0 Å². The number of ether oxygens (including phenoxy) is 1. The molecule has 1 aliphatic rings. The van der Waals surface area contributed by atoms with Crippen LogP contribution in [0.25, 0.3) is 0 Å². The van der Waals surface area contributed by atoms with Crippen LogP contribution in [0.4, 0.5) is 0 Å². The highest BCUT2D eigenvalue weighted by Gasteiger charge is 2.28. The first-order chi connectivity index (χ1) is 5.77. The van der Waals surface area contributed by atoms with Gasteiger partial charge < -0.3 is 9.84 Å². The molecule has 72 valence electrons. The second kappa shape index (κ2) is 4.83. The van der Waals surface area contributed by atoms with Gasteiger partial charge in [0, 0.05) is 7.11 Å². The minimum Gasteiger partial charge on any atom is -0.390 e. The Kier molecular flexibility index (Phi) is 4.02. The molecule has 0 aromatic rings. The van der Waals surface area contributed by atoms with Crippen LogP contribution in [0.2, 0.25) is 0 Å². The van der Waals surface area contributed by atoms with Gasteiger partial charge in [0.1, 0.15) is 0 Å². The Balaban J connectivity index is 2.33. The van der Waals surface area contributed by atoms with E-state index in [0.29, 0.717) is 0 Å². The van der Waals surface area contributed by atoms with Crippen molar-refractivity contribution in [2.24, 2.45) is 5.92 Å². The zero-order valence-electron chi connectivity index (χ0n) is 8.12. The number of hydrogen-bond donors (Lipinski definition) is 1. The Labute approximate surface area is 74.9 Å². The van der Waals surface area contributed by atoms with Crippen molar-refractivity contribution in [3.63, 3.8) is 0 Å². The first-order valence-corrected chi connectivity index (χ1v) is 4.98. The van der Waals surface area contributed by atoms with Crippen LogP contribution in [0.15, 0.2) is 0 Å². The van der Waals surface area contributed by atoms with Crippen LogP contribution in [0.1, 0.15) is 39.0 Å². The van der Waals surface area contributed by atoms with E-state index in [9.17, 15) is 5.11 Å². The summed E-state index contributed by atoms with van der Waals surface area (Å²) in [7, 11) is 1.70. The normalized spacial score (nSPS) is 36.8. The van der Waals surface area contributed by atoms with Gasteiger partial charge in [0.2, 0.25) is 0 Å². The van der Waals surface area contributed by atoms with Crippen LogP contribution in [0.3, 0.4) is 0 Å². The molecule has 0 bridgehead atoms. The summed E-state index contributed by atoms with van der Waals surface area (Å²) >= 11 is 0. The van der Waals surface area contributed by atoms with Crippen LogP contribution in [0, 0.1) is 5.92 Å². The summed E-state index contributed by atoms with van der Waals surface area (Å²) in [5.74, 6) is 0.781. The summed E-state index contributed by atoms with van der Waals surface area (Å²) in [5, 5.41) is 9.53. The van der Waals surface area contributed by atoms with Crippen molar-refractivity contribution in [3.05, 3.63) is 0 Å². The molecule has 0 spiro atoms. The van der Waals surface area contributed by atoms with E-state index >= 15 is 0 Å². The lowest BCUT2D eigenvalue weighted by Gasteiger charge is -2.32. The van der Waals surface area contributed by atoms with E-state index < -0.39 is 0 Å². The molecule has 0 radical (unpaired) electrons. The Bertz CT molecular complexity index is 125. The second-order valence-corrected chi connectivity index (χ2v) is 3.81. The van der Waals surface area contributed by atoms with Gasteiger partial charge in [0.05, 0.1) is 12.2 Å². The van der Waals surface area contributed by atoms with Gasteiger partial charge in [-0.1, -0.05) is 19.8 Å². The van der Waals surface area contributed by atoms with Crippen LogP contribution in [-0.4, -0.2) is 24.4 Å². The van der Waals surface area contributed by atoms with Gasteiger partial charge in [-0.2, -0.15) is 0 Å². The summed E-state index contributed by atoms with van der Waals surface area (Å²) in [6.45, 7) is 2.22. The minimum atomic E-state index is -0.219. The second-order valence-electron chi connectivity index (χ2n) is 3.81. The van der Waals surface area contributed by atoms with Crippen molar-refractivity contribution in [1.29, 1.82) is 0 Å². The van der Waals surface area contributed by atoms with Crippen molar-refractivity contribution in [2.45, 2.75) is 51.2 Å². The molecular formula is C10H20O2. The standard InChI is InChI=1S/C10H20O2/c1-3-4-8-5-6-9(11)10(7-8)12-2/h8-11H,3-7H2,1-2H3/t8-,9+,10-/m0/s1. The monoisotopic (exact) mass is 172 g/mol. The lowest BCUT2D eigenvalue weighted by Crippen LogP contribution is -2.35. The van der Waals surface area contributed by atoms with Crippen molar-refractivity contribution >= 4 is 0 Å². The summed E-state index contributed by atoms with van der Waals surface area (Å²) in [6.07, 6.45) is 5.55. The summed E-state index contributed by atoms with van der Waals surface area (Å²) < 4.78 is 5.23. The molecule has 1 aliphatic carbocycles. The van der Waals surface area contributed by atoms with Gasteiger partial charge >= 0.3 is 0 Å². The SMILES string of the molecule is CCC[C@H]1CC[C@@H](O)[C@@H](OC)C1. The van der Waals surface area contributed by atoms with Gasteiger partial charge in [-0.15, -0.1) is 0 Å². The molecule has 1 saturated carbocycles. The maximum absolute atomic E-state index is 9.53. The van der Waals surface area contributed by atoms with E-state index in [0.717, 1.165) is 18.8 Å². The van der Waals surface area contributed by atoms with E-state index in [1.165, 1.54) is 19.3 Å². The fraction of sp³-hybridized carbons (Fsp3) is 1.00. The first-order valence-electron chi connectivity index (χ1n) is 4.98. The highest BCUT2D eigenvalue weighted by Crippen LogP contribution is 2.29. The van der Waals surface area contributed by atoms with E-state index in [1.807, 2.05) is 0 Å². The van der Waals surface area contributed by atoms with E-state index in [2.05, 4.69) is 6.92 Å². The summed E-state index contributed by atoms with van der Waals surface area (Å²) in [6, 6.07) is 0. The number of methoxy groups -OCH3 is 1. The number of hydrogen-bond acceptors (Lipinski definition) is 2. The predicted molar refractivity (Wildman–Crippen MR) is 49.1 cm³/mol. The average Bonchev–Trinajstić information content (AvgIpc) is 2.09. The van der Waals surface area contributed by atoms with E-state index in [4.69, 9.17) is 4.74 Å². The molecule has 0 aromatic heterocycles. The maximum atomic E-state index is 9.53. The molecule has 12 heavy (non-hydrogen) atoms. The summed E-state index contributed by atoms with van der Waals surface area (Å²) in [4.78, 5) is 0. The molecule has 0 aliphatic heterocycles. The van der Waals surface area contributed by atoms with Crippen LogP contribution in [0.5, 0.6) is 0 Å². The molecule has 2 nitrogen and oxygen atoms in total. The lowest BCUT2D eigenvalue weighted by atomic mass is 9.83. The Morgan fingerprint density at radius 2 is 2.17 bits per heavy atom. The van der Waals surface area contributed by atoms with Gasteiger partial charge in [-0.25, -0.2) is 0 Å². The molecule has 0 heterocycles. The zero-order valence-corrected chi connectivity index (χ0v) is 8.12. The molecule has 1 N–H and O–H groups in total. The van der Waals surface area contributed by atoms with Crippen molar-refractivity contribution in [3.8, 4) is 0 Å². The molecule has 3 atom stereocenters. The van der Waals surface area contributed by atoms with Crippen molar-refractivity contribution < 1.29 is 9.84 Å². The fourth-order valence-electron chi connectivity index (χ4n) is 2.12. The summed E-state index contributed by atoms with van der Waals surface area (Å²) in [5.41, 5.74) is 0. The smallest absolute Gasteiger partial charge is 0.0832 e. The van der Waals surface area contributed by atoms with E-state index in [1.54, 1.807) is 7.11 Å². The molecular weight excluding hydrogens is 152 g/mol. The number of aliphatic hydroxyl groups is 1. The molecule has 0 amide bonds. The Hall–Kier alpha value is -0.0800.